The van der Waals surface area contributed by atoms with Crippen LogP contribution in [0.3, 0.4) is 0 Å². The normalized spacial score (nSPS) is 29.9. The Balaban J connectivity index is 0.00000112. The summed E-state index contributed by atoms with van der Waals surface area (Å²) in [4.78, 5) is 11.6. The van der Waals surface area contributed by atoms with Crippen LogP contribution in [-0.2, 0) is 9.53 Å². The van der Waals surface area contributed by atoms with Gasteiger partial charge < -0.3 is 10.1 Å². The second kappa shape index (κ2) is 6.58. The van der Waals surface area contributed by atoms with E-state index in [2.05, 4.69) is 10.6 Å². The minimum Gasteiger partial charge on any atom is -0.381 e. The number of amides is 1. The minimum atomic E-state index is 0. The Morgan fingerprint density at radius 2 is 2.47 bits per heavy atom. The number of ether oxygens (including phenoxy) is 1. The summed E-state index contributed by atoms with van der Waals surface area (Å²) in [6, 6.07) is 0.0160. The Hall–Kier alpha value is 0.0300. The number of hydrogen-bond donors (Lipinski definition) is 2. The molecular formula is C9H17ClN2O2S. The predicted octanol–water partition coefficient (Wildman–Crippen LogP) is 0.223. The molecular weight excluding hydrogens is 236 g/mol. The van der Waals surface area contributed by atoms with E-state index in [9.17, 15) is 4.79 Å². The molecule has 4 nitrogen and oxygen atoms in total. The van der Waals surface area contributed by atoms with Gasteiger partial charge in [0, 0.05) is 30.7 Å². The molecule has 15 heavy (non-hydrogen) atoms. The van der Waals surface area contributed by atoms with Crippen molar-refractivity contribution in [2.45, 2.75) is 12.5 Å². The number of hydrogen-bond acceptors (Lipinski definition) is 4. The first-order valence-electron chi connectivity index (χ1n) is 5.03. The summed E-state index contributed by atoms with van der Waals surface area (Å²) in [7, 11) is 0. The Bertz CT molecular complexity index is 206. The standard InChI is InChI=1S/C9H16N2O2S.ClH/c12-9(8-5-14-6-11-8)10-3-7-1-2-13-4-7;/h7-8,11H,1-6H2,(H,10,12);1H. The lowest BCUT2D eigenvalue weighted by atomic mass is 10.1. The highest BCUT2D eigenvalue weighted by Crippen LogP contribution is 2.12. The molecule has 2 heterocycles. The molecule has 0 aromatic rings. The van der Waals surface area contributed by atoms with Crippen LogP contribution >= 0.6 is 24.2 Å². The first kappa shape index (κ1) is 13.1. The van der Waals surface area contributed by atoms with Crippen LogP contribution in [0.5, 0.6) is 0 Å². The largest absolute Gasteiger partial charge is 0.381 e. The highest BCUT2D eigenvalue weighted by atomic mass is 35.5. The molecule has 0 spiro atoms. The molecule has 2 aliphatic heterocycles. The molecule has 0 radical (unpaired) electrons. The molecule has 0 aromatic carbocycles. The summed E-state index contributed by atoms with van der Waals surface area (Å²) in [5.41, 5.74) is 0. The summed E-state index contributed by atoms with van der Waals surface area (Å²) < 4.78 is 5.24. The molecule has 88 valence electrons. The summed E-state index contributed by atoms with van der Waals surface area (Å²) in [6.07, 6.45) is 1.08. The maximum absolute atomic E-state index is 11.6. The van der Waals surface area contributed by atoms with Crippen molar-refractivity contribution in [1.82, 2.24) is 10.6 Å². The molecule has 0 aliphatic carbocycles. The maximum atomic E-state index is 11.6. The van der Waals surface area contributed by atoms with E-state index in [-0.39, 0.29) is 24.4 Å². The van der Waals surface area contributed by atoms with E-state index in [1.807, 2.05) is 0 Å². The first-order valence-corrected chi connectivity index (χ1v) is 6.18. The topological polar surface area (TPSA) is 50.4 Å². The lowest BCUT2D eigenvalue weighted by Crippen LogP contribution is -2.43. The van der Waals surface area contributed by atoms with Crippen LogP contribution in [-0.4, -0.2) is 43.3 Å². The van der Waals surface area contributed by atoms with Crippen molar-refractivity contribution in [3.05, 3.63) is 0 Å². The zero-order valence-corrected chi connectivity index (χ0v) is 10.2. The van der Waals surface area contributed by atoms with E-state index in [0.29, 0.717) is 5.92 Å². The van der Waals surface area contributed by atoms with Gasteiger partial charge in [-0.3, -0.25) is 10.1 Å². The van der Waals surface area contributed by atoms with Gasteiger partial charge in [0.05, 0.1) is 12.6 Å². The zero-order chi connectivity index (χ0) is 9.80. The second-order valence-electron chi connectivity index (χ2n) is 3.75. The number of carbonyl (C=O) groups is 1. The molecule has 1 amide bonds. The molecule has 2 rings (SSSR count). The van der Waals surface area contributed by atoms with Gasteiger partial charge in [0.1, 0.15) is 0 Å². The van der Waals surface area contributed by atoms with Gasteiger partial charge in [0.25, 0.3) is 0 Å². The van der Waals surface area contributed by atoms with Gasteiger partial charge in [-0.2, -0.15) is 0 Å². The number of rotatable bonds is 3. The van der Waals surface area contributed by atoms with Gasteiger partial charge in [-0.15, -0.1) is 24.2 Å². The van der Waals surface area contributed by atoms with Crippen molar-refractivity contribution < 1.29 is 9.53 Å². The molecule has 2 atom stereocenters. The molecule has 0 saturated carbocycles. The van der Waals surface area contributed by atoms with Gasteiger partial charge in [0.15, 0.2) is 0 Å². The van der Waals surface area contributed by atoms with E-state index in [4.69, 9.17) is 4.74 Å². The second-order valence-corrected chi connectivity index (χ2v) is 4.78. The van der Waals surface area contributed by atoms with E-state index in [1.54, 1.807) is 11.8 Å². The third kappa shape index (κ3) is 3.83. The number of halogens is 1. The van der Waals surface area contributed by atoms with E-state index in [1.165, 1.54) is 0 Å². The molecule has 2 aliphatic rings. The molecule has 2 saturated heterocycles. The van der Waals surface area contributed by atoms with Crippen molar-refractivity contribution in [1.29, 1.82) is 0 Å². The fourth-order valence-corrected chi connectivity index (χ4v) is 2.62. The van der Waals surface area contributed by atoms with Crippen LogP contribution in [0.4, 0.5) is 0 Å². The Labute approximate surface area is 100 Å². The third-order valence-electron chi connectivity index (χ3n) is 2.62. The average molecular weight is 253 g/mol. The zero-order valence-electron chi connectivity index (χ0n) is 8.53. The quantitative estimate of drug-likeness (QED) is 0.755. The molecule has 2 unspecified atom stereocenters. The van der Waals surface area contributed by atoms with Crippen molar-refractivity contribution in [2.75, 3.05) is 31.4 Å². The fraction of sp³-hybridized carbons (Fsp3) is 0.889. The first-order chi connectivity index (χ1) is 6.86. The van der Waals surface area contributed by atoms with Crippen LogP contribution < -0.4 is 10.6 Å². The van der Waals surface area contributed by atoms with E-state index >= 15 is 0 Å². The number of nitrogens with one attached hydrogen (secondary N) is 2. The molecule has 2 fully saturated rings. The lowest BCUT2D eigenvalue weighted by Gasteiger charge is -2.12. The molecule has 2 N–H and O–H groups in total. The van der Waals surface area contributed by atoms with Gasteiger partial charge in [-0.25, -0.2) is 0 Å². The van der Waals surface area contributed by atoms with Crippen molar-refractivity contribution in [3.8, 4) is 0 Å². The van der Waals surface area contributed by atoms with Crippen molar-refractivity contribution in [2.24, 2.45) is 5.92 Å². The fourth-order valence-electron chi connectivity index (χ4n) is 1.68. The SMILES string of the molecule is Cl.O=C(NCC1CCOC1)C1CSCN1. The molecule has 0 aromatic heterocycles. The Kier molecular flexibility index (Phi) is 5.74. The minimum absolute atomic E-state index is 0. The van der Waals surface area contributed by atoms with Gasteiger partial charge in [0.2, 0.25) is 5.91 Å². The third-order valence-corrected chi connectivity index (χ3v) is 3.56. The molecule has 6 heteroatoms. The average Bonchev–Trinajstić information content (AvgIpc) is 2.87. The summed E-state index contributed by atoms with van der Waals surface area (Å²) in [5.74, 6) is 2.45. The monoisotopic (exact) mass is 252 g/mol. The van der Waals surface area contributed by atoms with Crippen LogP contribution in [0.1, 0.15) is 6.42 Å². The number of thioether (sulfide) groups is 1. The van der Waals surface area contributed by atoms with Crippen LogP contribution in [0.2, 0.25) is 0 Å². The highest BCUT2D eigenvalue weighted by Gasteiger charge is 2.23. The number of carbonyl (C=O) groups excluding carboxylic acids is 1. The Morgan fingerprint density at radius 1 is 1.60 bits per heavy atom. The van der Waals surface area contributed by atoms with Gasteiger partial charge >= 0.3 is 0 Å². The van der Waals surface area contributed by atoms with Crippen LogP contribution in [0.25, 0.3) is 0 Å². The summed E-state index contributed by atoms with van der Waals surface area (Å²) >= 11 is 1.77. The smallest absolute Gasteiger partial charge is 0.238 e. The summed E-state index contributed by atoms with van der Waals surface area (Å²) in [6.45, 7) is 2.41. The maximum Gasteiger partial charge on any atom is 0.238 e. The lowest BCUT2D eigenvalue weighted by molar-refractivity contribution is -0.122. The predicted molar refractivity (Wildman–Crippen MR) is 63.4 cm³/mol. The van der Waals surface area contributed by atoms with E-state index < -0.39 is 0 Å². The van der Waals surface area contributed by atoms with Crippen LogP contribution in [0, 0.1) is 5.92 Å². The summed E-state index contributed by atoms with van der Waals surface area (Å²) in [5, 5.41) is 6.12. The van der Waals surface area contributed by atoms with Gasteiger partial charge in [-0.05, 0) is 6.42 Å². The highest BCUT2D eigenvalue weighted by molar-refractivity contribution is 7.99. The Morgan fingerprint density at radius 3 is 3.07 bits per heavy atom. The molecule has 0 bridgehead atoms. The van der Waals surface area contributed by atoms with Crippen LogP contribution in [0.15, 0.2) is 0 Å². The van der Waals surface area contributed by atoms with E-state index in [0.717, 1.165) is 37.8 Å². The van der Waals surface area contributed by atoms with Crippen molar-refractivity contribution in [3.63, 3.8) is 0 Å². The van der Waals surface area contributed by atoms with Gasteiger partial charge in [-0.1, -0.05) is 0 Å². The van der Waals surface area contributed by atoms with Crippen molar-refractivity contribution >= 4 is 30.1 Å².